The molecule has 0 saturated carbocycles. The van der Waals surface area contributed by atoms with Crippen LogP contribution in [0, 0.1) is 0 Å². The molecule has 0 fully saturated rings. The third-order valence-electron chi connectivity index (χ3n) is 3.10. The number of rotatable bonds is 10. The van der Waals surface area contributed by atoms with Crippen molar-refractivity contribution in [2.45, 2.75) is 51.9 Å². The first kappa shape index (κ1) is 16.2. The lowest BCUT2D eigenvalue weighted by molar-refractivity contribution is 0.111. The summed E-state index contributed by atoms with van der Waals surface area (Å²) >= 11 is 3.35. The number of hydrogen-bond acceptors (Lipinski definition) is 2. The van der Waals surface area contributed by atoms with Gasteiger partial charge in [-0.3, -0.25) is 4.79 Å². The molecule has 106 valence electrons. The number of hydrogen-bond donors (Lipinski definition) is 0. The lowest BCUT2D eigenvalue weighted by atomic mass is 10.1. The van der Waals surface area contributed by atoms with Crippen LogP contribution in [0.25, 0.3) is 0 Å². The second kappa shape index (κ2) is 10.0. The Balaban J connectivity index is 2.17. The Hall–Kier alpha value is -0.830. The molecule has 0 aliphatic rings. The van der Waals surface area contributed by atoms with Crippen molar-refractivity contribution in [3.8, 4) is 5.75 Å². The molecule has 0 saturated heterocycles. The molecule has 0 atom stereocenters. The second-order valence-corrected chi connectivity index (χ2v) is 5.69. The zero-order valence-electron chi connectivity index (χ0n) is 11.7. The van der Waals surface area contributed by atoms with Crippen molar-refractivity contribution < 1.29 is 9.53 Å². The van der Waals surface area contributed by atoms with Crippen LogP contribution in [0.5, 0.6) is 5.75 Å². The van der Waals surface area contributed by atoms with E-state index in [0.717, 1.165) is 17.2 Å². The predicted octanol–water partition coefficient (Wildman–Crippen LogP) is 5.39. The summed E-state index contributed by atoms with van der Waals surface area (Å²) in [4.78, 5) is 10.9. The van der Waals surface area contributed by atoms with E-state index in [2.05, 4.69) is 22.9 Å². The van der Waals surface area contributed by atoms with Gasteiger partial charge in [-0.25, -0.2) is 0 Å². The fraction of sp³-hybridized carbons (Fsp3) is 0.562. The van der Waals surface area contributed by atoms with Crippen molar-refractivity contribution in [2.24, 2.45) is 0 Å². The van der Waals surface area contributed by atoms with E-state index in [0.29, 0.717) is 17.9 Å². The van der Waals surface area contributed by atoms with E-state index in [1.54, 1.807) is 6.07 Å². The molecule has 0 spiro atoms. The normalized spacial score (nSPS) is 10.4. The van der Waals surface area contributed by atoms with Gasteiger partial charge in [-0.15, -0.1) is 0 Å². The minimum absolute atomic E-state index is 0.609. The van der Waals surface area contributed by atoms with Gasteiger partial charge in [0.1, 0.15) is 5.75 Å². The van der Waals surface area contributed by atoms with E-state index in [4.69, 9.17) is 4.74 Å². The molecule has 19 heavy (non-hydrogen) atoms. The maximum Gasteiger partial charge on any atom is 0.153 e. The average molecular weight is 327 g/mol. The molecule has 0 N–H and O–H groups in total. The van der Waals surface area contributed by atoms with Crippen LogP contribution in [0.4, 0.5) is 0 Å². The predicted molar refractivity (Wildman–Crippen MR) is 83.0 cm³/mol. The number of unbranched alkanes of at least 4 members (excludes halogenated alkanes) is 6. The highest BCUT2D eigenvalue weighted by atomic mass is 79.9. The van der Waals surface area contributed by atoms with Gasteiger partial charge in [-0.05, 0) is 24.6 Å². The highest BCUT2D eigenvalue weighted by Gasteiger charge is 2.03. The summed E-state index contributed by atoms with van der Waals surface area (Å²) in [5, 5.41) is 0. The maximum atomic E-state index is 10.9. The molecule has 0 unspecified atom stereocenters. The molecule has 0 bridgehead atoms. The quantitative estimate of drug-likeness (QED) is 0.425. The molecule has 1 aromatic carbocycles. The maximum absolute atomic E-state index is 10.9. The zero-order valence-corrected chi connectivity index (χ0v) is 13.2. The van der Waals surface area contributed by atoms with Gasteiger partial charge in [0, 0.05) is 4.47 Å². The molecule has 0 radical (unpaired) electrons. The van der Waals surface area contributed by atoms with Crippen LogP contribution in [-0.4, -0.2) is 12.9 Å². The van der Waals surface area contributed by atoms with Crippen molar-refractivity contribution in [3.63, 3.8) is 0 Å². The van der Waals surface area contributed by atoms with E-state index < -0.39 is 0 Å². The van der Waals surface area contributed by atoms with E-state index >= 15 is 0 Å². The van der Waals surface area contributed by atoms with Gasteiger partial charge >= 0.3 is 0 Å². The standard InChI is InChI=1S/C16H23BrO2/c1-2-3-4-5-6-7-8-11-19-16-10-9-15(17)12-14(16)13-18/h9-10,12-13H,2-8,11H2,1H3. The van der Waals surface area contributed by atoms with Crippen LogP contribution >= 0.6 is 15.9 Å². The highest BCUT2D eigenvalue weighted by Crippen LogP contribution is 2.22. The first-order valence-corrected chi connectivity index (χ1v) is 7.94. The van der Waals surface area contributed by atoms with Gasteiger partial charge in [0.2, 0.25) is 0 Å². The highest BCUT2D eigenvalue weighted by molar-refractivity contribution is 9.10. The number of benzene rings is 1. The number of carbonyl (C=O) groups is 1. The van der Waals surface area contributed by atoms with Crippen molar-refractivity contribution in [3.05, 3.63) is 28.2 Å². The number of aldehydes is 1. The molecule has 0 amide bonds. The molecule has 1 rings (SSSR count). The van der Waals surface area contributed by atoms with Crippen molar-refractivity contribution in [1.29, 1.82) is 0 Å². The fourth-order valence-electron chi connectivity index (χ4n) is 1.98. The third-order valence-corrected chi connectivity index (χ3v) is 3.60. The number of carbonyl (C=O) groups excluding carboxylic acids is 1. The Bertz CT molecular complexity index is 377. The lowest BCUT2D eigenvalue weighted by Gasteiger charge is -2.08. The Kier molecular flexibility index (Phi) is 8.55. The van der Waals surface area contributed by atoms with Crippen LogP contribution in [0.2, 0.25) is 0 Å². The second-order valence-electron chi connectivity index (χ2n) is 4.77. The Morgan fingerprint density at radius 3 is 2.47 bits per heavy atom. The zero-order chi connectivity index (χ0) is 13.9. The van der Waals surface area contributed by atoms with Gasteiger partial charge in [0.05, 0.1) is 12.2 Å². The first-order chi connectivity index (χ1) is 9.27. The molecule has 1 aromatic rings. The smallest absolute Gasteiger partial charge is 0.153 e. The van der Waals surface area contributed by atoms with Crippen molar-refractivity contribution >= 4 is 22.2 Å². The van der Waals surface area contributed by atoms with Gasteiger partial charge in [0.15, 0.2) is 6.29 Å². The summed E-state index contributed by atoms with van der Waals surface area (Å²) in [5.41, 5.74) is 0.609. The number of ether oxygens (including phenoxy) is 1. The largest absolute Gasteiger partial charge is 0.493 e. The van der Waals surface area contributed by atoms with E-state index in [9.17, 15) is 4.79 Å². The lowest BCUT2D eigenvalue weighted by Crippen LogP contribution is -2.00. The van der Waals surface area contributed by atoms with Crippen LogP contribution in [0.1, 0.15) is 62.2 Å². The summed E-state index contributed by atoms with van der Waals surface area (Å²) < 4.78 is 6.56. The Labute approximate surface area is 124 Å². The molecule has 0 aliphatic heterocycles. The van der Waals surface area contributed by atoms with Gasteiger partial charge in [-0.2, -0.15) is 0 Å². The van der Waals surface area contributed by atoms with E-state index in [1.165, 1.54) is 38.5 Å². The van der Waals surface area contributed by atoms with Gasteiger partial charge in [-0.1, -0.05) is 61.4 Å². The minimum Gasteiger partial charge on any atom is -0.493 e. The molecule has 3 heteroatoms. The number of halogens is 1. The summed E-state index contributed by atoms with van der Waals surface area (Å²) in [5.74, 6) is 0.684. The Morgan fingerprint density at radius 1 is 1.11 bits per heavy atom. The van der Waals surface area contributed by atoms with Crippen LogP contribution in [0.3, 0.4) is 0 Å². The SMILES string of the molecule is CCCCCCCCCOc1ccc(Br)cc1C=O. The minimum atomic E-state index is 0.609. The van der Waals surface area contributed by atoms with E-state index in [-0.39, 0.29) is 0 Å². The summed E-state index contributed by atoms with van der Waals surface area (Å²) in [6.45, 7) is 2.92. The molecule has 0 aromatic heterocycles. The van der Waals surface area contributed by atoms with Crippen molar-refractivity contribution in [1.82, 2.24) is 0 Å². The monoisotopic (exact) mass is 326 g/mol. The molecular weight excluding hydrogens is 304 g/mol. The summed E-state index contributed by atoms with van der Waals surface area (Å²) in [6.07, 6.45) is 9.69. The molecule has 0 aliphatic carbocycles. The topological polar surface area (TPSA) is 26.3 Å². The summed E-state index contributed by atoms with van der Waals surface area (Å²) in [7, 11) is 0. The molecule has 2 nitrogen and oxygen atoms in total. The van der Waals surface area contributed by atoms with Crippen LogP contribution in [-0.2, 0) is 0 Å². The Morgan fingerprint density at radius 2 is 1.79 bits per heavy atom. The van der Waals surface area contributed by atoms with Gasteiger partial charge < -0.3 is 4.74 Å². The molecule has 0 heterocycles. The molecular formula is C16H23BrO2. The third kappa shape index (κ3) is 6.76. The van der Waals surface area contributed by atoms with Crippen LogP contribution < -0.4 is 4.74 Å². The van der Waals surface area contributed by atoms with Gasteiger partial charge in [0.25, 0.3) is 0 Å². The van der Waals surface area contributed by atoms with Crippen LogP contribution in [0.15, 0.2) is 22.7 Å². The first-order valence-electron chi connectivity index (χ1n) is 7.15. The summed E-state index contributed by atoms with van der Waals surface area (Å²) in [6, 6.07) is 5.52. The average Bonchev–Trinajstić information content (AvgIpc) is 2.43. The fourth-order valence-corrected chi connectivity index (χ4v) is 2.36. The van der Waals surface area contributed by atoms with E-state index in [1.807, 2.05) is 12.1 Å². The van der Waals surface area contributed by atoms with Crippen molar-refractivity contribution in [2.75, 3.05) is 6.61 Å².